The topological polar surface area (TPSA) is 23.5 Å². The molecule has 1 N–H and O–H groups in total. The maximum absolute atomic E-state index is 14.7. The molecule has 1 aliphatic heterocycles. The average molecular weight is 400 g/mol. The highest BCUT2D eigenvalue weighted by Crippen LogP contribution is 2.47. The van der Waals surface area contributed by atoms with Crippen LogP contribution in [0, 0.1) is 5.92 Å². The fourth-order valence-corrected chi connectivity index (χ4v) is 4.55. The highest BCUT2D eigenvalue weighted by molar-refractivity contribution is 9.11. The van der Waals surface area contributed by atoms with Crippen molar-refractivity contribution in [2.75, 3.05) is 4.90 Å². The molecule has 0 spiro atoms. The van der Waals surface area contributed by atoms with Crippen molar-refractivity contribution in [1.82, 2.24) is 0 Å². The van der Waals surface area contributed by atoms with E-state index in [1.54, 1.807) is 12.1 Å². The lowest BCUT2D eigenvalue weighted by Crippen LogP contribution is -2.45. The van der Waals surface area contributed by atoms with Crippen LogP contribution < -0.4 is 4.90 Å². The van der Waals surface area contributed by atoms with Gasteiger partial charge >= 0.3 is 0 Å². The number of fused-ring (bicyclic) bond motifs is 1. The lowest BCUT2D eigenvalue weighted by Gasteiger charge is -2.45. The van der Waals surface area contributed by atoms with Crippen LogP contribution in [-0.2, 0) is 6.42 Å². The van der Waals surface area contributed by atoms with E-state index in [9.17, 15) is 9.50 Å². The lowest BCUT2D eigenvalue weighted by atomic mass is 9.81. The quantitative estimate of drug-likeness (QED) is 0.705. The number of anilines is 1. The second-order valence-corrected chi connectivity index (χ2v) is 7.65. The van der Waals surface area contributed by atoms with Crippen LogP contribution in [0.25, 0.3) is 0 Å². The highest BCUT2D eigenvalue weighted by Gasteiger charge is 2.39. The van der Waals surface area contributed by atoms with Crippen molar-refractivity contribution in [3.63, 3.8) is 0 Å². The SMILES string of the molecule is C[C@@H]1Cc2cc(O)ccc2[C@@H](C2C=C(Br)C=C2F)N1c1ccccc1. The van der Waals surface area contributed by atoms with Crippen LogP contribution in [0.4, 0.5) is 10.1 Å². The number of nitrogens with zero attached hydrogens (tertiary/aromatic N) is 1. The molecule has 2 nitrogen and oxygen atoms in total. The van der Waals surface area contributed by atoms with Crippen LogP contribution in [0.3, 0.4) is 0 Å². The first-order chi connectivity index (χ1) is 12.0. The number of hydrogen-bond acceptors (Lipinski definition) is 2. The predicted molar refractivity (Wildman–Crippen MR) is 103 cm³/mol. The van der Waals surface area contributed by atoms with Crippen molar-refractivity contribution in [1.29, 1.82) is 0 Å². The summed E-state index contributed by atoms with van der Waals surface area (Å²) in [7, 11) is 0. The van der Waals surface area contributed by atoms with Gasteiger partial charge in [-0.05, 0) is 54.8 Å². The highest BCUT2D eigenvalue weighted by atomic mass is 79.9. The maximum atomic E-state index is 14.7. The molecular weight excluding hydrogens is 381 g/mol. The zero-order valence-corrected chi connectivity index (χ0v) is 15.4. The molecule has 128 valence electrons. The van der Waals surface area contributed by atoms with E-state index in [2.05, 4.69) is 39.9 Å². The van der Waals surface area contributed by atoms with Gasteiger partial charge in [-0.25, -0.2) is 4.39 Å². The average Bonchev–Trinajstić information content (AvgIpc) is 2.92. The molecule has 0 radical (unpaired) electrons. The van der Waals surface area contributed by atoms with Crippen molar-refractivity contribution in [3.05, 3.63) is 82.1 Å². The number of phenolic OH excluding ortho intramolecular Hbond substituents is 1. The van der Waals surface area contributed by atoms with E-state index in [-0.39, 0.29) is 29.6 Å². The van der Waals surface area contributed by atoms with E-state index in [0.717, 1.165) is 27.7 Å². The Labute approximate surface area is 155 Å². The maximum Gasteiger partial charge on any atom is 0.115 e. The van der Waals surface area contributed by atoms with E-state index in [4.69, 9.17) is 0 Å². The van der Waals surface area contributed by atoms with Gasteiger partial charge in [-0.3, -0.25) is 0 Å². The summed E-state index contributed by atoms with van der Waals surface area (Å²) in [5, 5.41) is 9.88. The van der Waals surface area contributed by atoms with Gasteiger partial charge in [0, 0.05) is 16.2 Å². The molecule has 2 aliphatic rings. The molecule has 2 aromatic rings. The molecule has 0 bridgehead atoms. The number of phenols is 1. The molecule has 2 aromatic carbocycles. The molecule has 0 amide bonds. The Morgan fingerprint density at radius 1 is 1.16 bits per heavy atom. The van der Waals surface area contributed by atoms with Crippen molar-refractivity contribution in [3.8, 4) is 5.75 Å². The number of para-hydroxylation sites is 1. The van der Waals surface area contributed by atoms with E-state index >= 15 is 0 Å². The normalized spacial score (nSPS) is 25.4. The third kappa shape index (κ3) is 2.89. The predicted octanol–water partition coefficient (Wildman–Crippen LogP) is 5.65. The summed E-state index contributed by atoms with van der Waals surface area (Å²) < 4.78 is 15.5. The second kappa shape index (κ2) is 6.34. The summed E-state index contributed by atoms with van der Waals surface area (Å²) in [4.78, 5) is 2.31. The number of benzene rings is 2. The molecule has 0 saturated carbocycles. The first-order valence-corrected chi connectivity index (χ1v) is 9.23. The van der Waals surface area contributed by atoms with E-state index < -0.39 is 0 Å². The summed E-state index contributed by atoms with van der Waals surface area (Å²) in [6, 6.07) is 15.7. The summed E-state index contributed by atoms with van der Waals surface area (Å²) >= 11 is 3.41. The molecule has 1 heterocycles. The number of aromatic hydroxyl groups is 1. The lowest BCUT2D eigenvalue weighted by molar-refractivity contribution is 0.401. The molecule has 4 rings (SSSR count). The summed E-state index contributed by atoms with van der Waals surface area (Å²) in [5.74, 6) is -0.219. The minimum absolute atomic E-state index is 0.133. The van der Waals surface area contributed by atoms with Crippen molar-refractivity contribution in [2.45, 2.75) is 25.4 Å². The van der Waals surface area contributed by atoms with Gasteiger partial charge < -0.3 is 10.0 Å². The van der Waals surface area contributed by atoms with E-state index in [0.29, 0.717) is 0 Å². The molecule has 25 heavy (non-hydrogen) atoms. The fourth-order valence-electron chi connectivity index (χ4n) is 4.05. The second-order valence-electron chi connectivity index (χ2n) is 6.73. The molecule has 0 aromatic heterocycles. The van der Waals surface area contributed by atoms with Crippen LogP contribution in [-0.4, -0.2) is 11.1 Å². The fraction of sp³-hybridized carbons (Fsp3) is 0.238. The Morgan fingerprint density at radius 3 is 2.60 bits per heavy atom. The molecule has 3 atom stereocenters. The van der Waals surface area contributed by atoms with Gasteiger partial charge in [0.05, 0.1) is 12.0 Å². The van der Waals surface area contributed by atoms with Gasteiger partial charge in [0.1, 0.15) is 11.6 Å². The number of allylic oxidation sites excluding steroid dienone is 2. The standard InChI is InChI=1S/C21H19BrFNO/c1-13-9-14-10-17(25)7-8-18(14)21(19-11-15(22)12-20(19)23)24(13)16-5-3-2-4-6-16/h2-8,10-13,19,21,25H,9H2,1H3/t13-,19?,21+/m1/s1. The minimum Gasteiger partial charge on any atom is -0.508 e. The minimum atomic E-state index is -0.347. The third-order valence-corrected chi connectivity index (χ3v) is 5.56. The first kappa shape index (κ1) is 16.4. The Bertz CT molecular complexity index is 861. The summed E-state index contributed by atoms with van der Waals surface area (Å²) in [6.45, 7) is 2.16. The van der Waals surface area contributed by atoms with Crippen molar-refractivity contribution < 1.29 is 9.50 Å². The number of halogens is 2. The third-order valence-electron chi connectivity index (χ3n) is 5.06. The zero-order chi connectivity index (χ0) is 17.6. The van der Waals surface area contributed by atoms with Gasteiger partial charge in [-0.2, -0.15) is 0 Å². The summed E-state index contributed by atoms with van der Waals surface area (Å²) in [6.07, 6.45) is 4.30. The van der Waals surface area contributed by atoms with Crippen LogP contribution in [0.5, 0.6) is 5.75 Å². The van der Waals surface area contributed by atoms with Crippen LogP contribution in [0.15, 0.2) is 71.0 Å². The Hall–Kier alpha value is -2.07. The first-order valence-electron chi connectivity index (χ1n) is 8.44. The van der Waals surface area contributed by atoms with E-state index in [1.165, 1.54) is 0 Å². The van der Waals surface area contributed by atoms with Gasteiger partial charge in [-0.1, -0.05) is 46.3 Å². The Balaban J connectivity index is 1.88. The number of rotatable bonds is 2. The van der Waals surface area contributed by atoms with Crippen LogP contribution in [0.1, 0.15) is 24.1 Å². The smallest absolute Gasteiger partial charge is 0.115 e. The molecule has 0 fully saturated rings. The van der Waals surface area contributed by atoms with Gasteiger partial charge in [0.25, 0.3) is 0 Å². The van der Waals surface area contributed by atoms with Crippen molar-refractivity contribution in [2.24, 2.45) is 5.92 Å². The number of hydrogen-bond donors (Lipinski definition) is 1. The molecular formula is C21H19BrFNO. The monoisotopic (exact) mass is 399 g/mol. The van der Waals surface area contributed by atoms with Gasteiger partial charge in [0.2, 0.25) is 0 Å². The molecule has 1 unspecified atom stereocenters. The molecule has 4 heteroatoms. The largest absolute Gasteiger partial charge is 0.508 e. The van der Waals surface area contributed by atoms with Gasteiger partial charge in [-0.15, -0.1) is 0 Å². The van der Waals surface area contributed by atoms with Crippen molar-refractivity contribution >= 4 is 21.6 Å². The van der Waals surface area contributed by atoms with Gasteiger partial charge in [0.15, 0.2) is 0 Å². The molecule has 1 aliphatic carbocycles. The van der Waals surface area contributed by atoms with E-state index in [1.807, 2.05) is 36.4 Å². The van der Waals surface area contributed by atoms with Crippen LogP contribution >= 0.6 is 15.9 Å². The Morgan fingerprint density at radius 2 is 1.92 bits per heavy atom. The zero-order valence-electron chi connectivity index (χ0n) is 13.9. The van der Waals surface area contributed by atoms with Crippen LogP contribution in [0.2, 0.25) is 0 Å². The Kier molecular flexibility index (Phi) is 4.16. The summed E-state index contributed by atoms with van der Waals surface area (Å²) in [5.41, 5.74) is 3.25. The molecule has 0 saturated heterocycles.